The van der Waals surface area contributed by atoms with Crippen molar-refractivity contribution >= 4 is 11.9 Å². The summed E-state index contributed by atoms with van der Waals surface area (Å²) >= 11 is 0. The Labute approximate surface area is 135 Å². The second kappa shape index (κ2) is 7.71. The Hall–Kier alpha value is -2.44. The van der Waals surface area contributed by atoms with Gasteiger partial charge in [-0.25, -0.2) is 9.80 Å². The highest BCUT2D eigenvalue weighted by Crippen LogP contribution is 2.24. The van der Waals surface area contributed by atoms with E-state index in [1.54, 1.807) is 18.2 Å². The average molecular weight is 321 g/mol. The number of carbonyl (C=O) groups is 2. The molecule has 0 unspecified atom stereocenters. The van der Waals surface area contributed by atoms with Crippen molar-refractivity contribution in [3.8, 4) is 11.5 Å². The van der Waals surface area contributed by atoms with Gasteiger partial charge in [-0.15, -0.1) is 0 Å². The SMILES string of the molecule is COc1cc(OC)cc(C(=O)NN(C(N)=O)C2CCCCC2)c1. The van der Waals surface area contributed by atoms with Gasteiger partial charge in [-0.2, -0.15) is 0 Å². The van der Waals surface area contributed by atoms with Crippen molar-refractivity contribution in [1.29, 1.82) is 0 Å². The van der Waals surface area contributed by atoms with Gasteiger partial charge in [-0.1, -0.05) is 19.3 Å². The number of hydrogen-bond acceptors (Lipinski definition) is 4. The number of nitrogens with zero attached hydrogens (tertiary/aromatic N) is 1. The van der Waals surface area contributed by atoms with Gasteiger partial charge >= 0.3 is 6.03 Å². The highest BCUT2D eigenvalue weighted by molar-refractivity contribution is 5.96. The Morgan fingerprint density at radius 2 is 1.65 bits per heavy atom. The summed E-state index contributed by atoms with van der Waals surface area (Å²) in [5.41, 5.74) is 8.38. The van der Waals surface area contributed by atoms with E-state index in [-0.39, 0.29) is 6.04 Å². The maximum Gasteiger partial charge on any atom is 0.333 e. The highest BCUT2D eigenvalue weighted by Gasteiger charge is 2.26. The molecular weight excluding hydrogens is 298 g/mol. The first-order valence-corrected chi connectivity index (χ1v) is 7.68. The van der Waals surface area contributed by atoms with E-state index in [0.29, 0.717) is 17.1 Å². The molecule has 23 heavy (non-hydrogen) atoms. The molecule has 0 spiro atoms. The van der Waals surface area contributed by atoms with Gasteiger partial charge in [-0.3, -0.25) is 10.2 Å². The van der Waals surface area contributed by atoms with Crippen molar-refractivity contribution in [3.63, 3.8) is 0 Å². The molecule has 1 aromatic rings. The van der Waals surface area contributed by atoms with E-state index >= 15 is 0 Å². The predicted molar refractivity (Wildman–Crippen MR) is 85.3 cm³/mol. The molecule has 7 heteroatoms. The van der Waals surface area contributed by atoms with E-state index < -0.39 is 11.9 Å². The summed E-state index contributed by atoms with van der Waals surface area (Å²) < 4.78 is 10.3. The predicted octanol–water partition coefficient (Wildman–Crippen LogP) is 2.06. The van der Waals surface area contributed by atoms with E-state index in [9.17, 15) is 9.59 Å². The molecule has 0 aliphatic heterocycles. The summed E-state index contributed by atoms with van der Waals surface area (Å²) in [6, 6.07) is 4.12. The van der Waals surface area contributed by atoms with Gasteiger partial charge < -0.3 is 15.2 Å². The average Bonchev–Trinajstić information content (AvgIpc) is 2.59. The molecule has 0 radical (unpaired) electrons. The minimum Gasteiger partial charge on any atom is -0.497 e. The molecule has 126 valence electrons. The van der Waals surface area contributed by atoms with E-state index in [0.717, 1.165) is 32.1 Å². The number of nitrogens with two attached hydrogens (primary N) is 1. The van der Waals surface area contributed by atoms with Crippen molar-refractivity contribution in [3.05, 3.63) is 23.8 Å². The number of hydrogen-bond donors (Lipinski definition) is 2. The van der Waals surface area contributed by atoms with Crippen LogP contribution >= 0.6 is 0 Å². The topological polar surface area (TPSA) is 93.9 Å². The van der Waals surface area contributed by atoms with Crippen LogP contribution in [0.1, 0.15) is 42.5 Å². The number of carbonyl (C=O) groups excluding carboxylic acids is 2. The zero-order valence-corrected chi connectivity index (χ0v) is 13.5. The summed E-state index contributed by atoms with van der Waals surface area (Å²) in [4.78, 5) is 24.2. The molecule has 0 heterocycles. The third kappa shape index (κ3) is 4.28. The van der Waals surface area contributed by atoms with Gasteiger partial charge in [0.05, 0.1) is 20.3 Å². The van der Waals surface area contributed by atoms with Crippen LogP contribution in [0, 0.1) is 0 Å². The Morgan fingerprint density at radius 1 is 1.09 bits per heavy atom. The first kappa shape index (κ1) is 16.9. The van der Waals surface area contributed by atoms with Gasteiger partial charge in [0.25, 0.3) is 5.91 Å². The van der Waals surface area contributed by atoms with Crippen molar-refractivity contribution in [2.24, 2.45) is 5.73 Å². The summed E-state index contributed by atoms with van der Waals surface area (Å²) in [7, 11) is 3.02. The summed E-state index contributed by atoms with van der Waals surface area (Å²) in [5, 5.41) is 1.24. The van der Waals surface area contributed by atoms with Gasteiger partial charge in [0, 0.05) is 11.6 Å². The largest absolute Gasteiger partial charge is 0.497 e. The molecule has 0 saturated heterocycles. The molecule has 2 rings (SSSR count). The maximum absolute atomic E-state index is 12.5. The normalized spacial score (nSPS) is 14.9. The fraction of sp³-hybridized carbons (Fsp3) is 0.500. The second-order valence-corrected chi connectivity index (χ2v) is 5.54. The molecule has 0 aromatic heterocycles. The Balaban J connectivity index is 2.16. The number of methoxy groups -OCH3 is 2. The zero-order valence-electron chi connectivity index (χ0n) is 13.5. The second-order valence-electron chi connectivity index (χ2n) is 5.54. The molecule has 3 amide bonds. The molecule has 1 aliphatic rings. The highest BCUT2D eigenvalue weighted by atomic mass is 16.5. The van der Waals surface area contributed by atoms with Crippen LogP contribution in [0.5, 0.6) is 11.5 Å². The summed E-state index contributed by atoms with van der Waals surface area (Å²) in [5.74, 6) is 0.571. The van der Waals surface area contributed by atoms with Gasteiger partial charge in [-0.05, 0) is 25.0 Å². The van der Waals surface area contributed by atoms with Crippen LogP contribution < -0.4 is 20.6 Å². The quantitative estimate of drug-likeness (QED) is 0.830. The smallest absolute Gasteiger partial charge is 0.333 e. The molecule has 1 fully saturated rings. The number of nitrogens with one attached hydrogen (secondary N) is 1. The third-order valence-corrected chi connectivity index (χ3v) is 4.01. The van der Waals surface area contributed by atoms with E-state index in [1.807, 2.05) is 0 Å². The number of amides is 3. The van der Waals surface area contributed by atoms with Crippen LogP contribution in [0.2, 0.25) is 0 Å². The van der Waals surface area contributed by atoms with Crippen LogP contribution in [0.15, 0.2) is 18.2 Å². The van der Waals surface area contributed by atoms with Gasteiger partial charge in [0.1, 0.15) is 11.5 Å². The lowest BCUT2D eigenvalue weighted by molar-refractivity contribution is 0.0731. The minimum atomic E-state index is -0.653. The van der Waals surface area contributed by atoms with Crippen molar-refractivity contribution in [1.82, 2.24) is 10.4 Å². The zero-order chi connectivity index (χ0) is 16.8. The lowest BCUT2D eigenvalue weighted by Crippen LogP contribution is -2.54. The number of primary amides is 1. The number of rotatable bonds is 4. The standard InChI is InChI=1S/C16H23N3O4/c1-22-13-8-11(9-14(10-13)23-2)15(20)18-19(16(17)21)12-6-4-3-5-7-12/h8-10,12H,3-7H2,1-2H3,(H2,17,21)(H,18,20). The fourth-order valence-electron chi connectivity index (χ4n) is 2.78. The van der Waals surface area contributed by atoms with Crippen LogP contribution in [-0.2, 0) is 0 Å². The molecule has 0 atom stereocenters. The summed E-state index contributed by atoms with van der Waals surface area (Å²) in [6.07, 6.45) is 4.87. The number of ether oxygens (including phenoxy) is 2. The molecule has 7 nitrogen and oxygen atoms in total. The van der Waals surface area contributed by atoms with E-state index in [4.69, 9.17) is 15.2 Å². The monoisotopic (exact) mass is 321 g/mol. The minimum absolute atomic E-state index is 0.0577. The lowest BCUT2D eigenvalue weighted by atomic mass is 9.95. The van der Waals surface area contributed by atoms with Gasteiger partial charge in [0.2, 0.25) is 0 Å². The first-order chi connectivity index (χ1) is 11.0. The molecule has 3 N–H and O–H groups in total. The van der Waals surface area contributed by atoms with E-state index in [2.05, 4.69) is 5.43 Å². The fourth-order valence-corrected chi connectivity index (χ4v) is 2.78. The van der Waals surface area contributed by atoms with Crippen molar-refractivity contribution < 1.29 is 19.1 Å². The third-order valence-electron chi connectivity index (χ3n) is 4.01. The van der Waals surface area contributed by atoms with Crippen molar-refractivity contribution in [2.75, 3.05) is 14.2 Å². The lowest BCUT2D eigenvalue weighted by Gasteiger charge is -2.32. The number of benzene rings is 1. The van der Waals surface area contributed by atoms with Crippen LogP contribution in [-0.4, -0.2) is 37.2 Å². The Morgan fingerprint density at radius 3 is 2.13 bits per heavy atom. The van der Waals surface area contributed by atoms with E-state index in [1.165, 1.54) is 19.2 Å². The maximum atomic E-state index is 12.5. The first-order valence-electron chi connectivity index (χ1n) is 7.68. The Bertz CT molecular complexity index is 548. The van der Waals surface area contributed by atoms with Crippen LogP contribution in [0.4, 0.5) is 4.79 Å². The van der Waals surface area contributed by atoms with Crippen molar-refractivity contribution in [2.45, 2.75) is 38.1 Å². The van der Waals surface area contributed by atoms with Crippen LogP contribution in [0.3, 0.4) is 0 Å². The molecule has 0 bridgehead atoms. The van der Waals surface area contributed by atoms with Crippen LogP contribution in [0.25, 0.3) is 0 Å². The molecular formula is C16H23N3O4. The molecule has 1 aromatic carbocycles. The van der Waals surface area contributed by atoms with Gasteiger partial charge in [0.15, 0.2) is 0 Å². The summed E-state index contributed by atoms with van der Waals surface area (Å²) in [6.45, 7) is 0. The number of hydrazine groups is 1. The molecule has 1 aliphatic carbocycles. The number of urea groups is 1. The Kier molecular flexibility index (Phi) is 5.67. The molecule has 1 saturated carbocycles.